The van der Waals surface area contributed by atoms with E-state index in [1.165, 1.54) is 18.2 Å². The predicted molar refractivity (Wildman–Crippen MR) is 89.0 cm³/mol. The molecule has 28 heavy (non-hydrogen) atoms. The van der Waals surface area contributed by atoms with Crippen LogP contribution in [0.2, 0.25) is 0 Å². The van der Waals surface area contributed by atoms with Crippen LogP contribution >= 0.6 is 0 Å². The van der Waals surface area contributed by atoms with Crippen molar-refractivity contribution in [3.8, 4) is 11.5 Å². The van der Waals surface area contributed by atoms with Gasteiger partial charge in [-0.2, -0.15) is 13.2 Å². The maximum Gasteiger partial charge on any atom is 0.406 e. The summed E-state index contributed by atoms with van der Waals surface area (Å²) in [5.41, 5.74) is -0.654. The maximum absolute atomic E-state index is 13.1. The number of nitro groups is 1. The molecular formula is C17H13F3N3O5-. The third-order valence-corrected chi connectivity index (χ3v) is 4.16. The van der Waals surface area contributed by atoms with Crippen LogP contribution in [-0.2, 0) is 0 Å². The number of carbonyl (C=O) groups excluding carboxylic acids is 1. The minimum absolute atomic E-state index is 0.0323. The monoisotopic (exact) mass is 396 g/mol. The largest absolute Gasteiger partial charge is 0.865 e. The Morgan fingerprint density at radius 1 is 1.29 bits per heavy atom. The van der Waals surface area contributed by atoms with Crippen molar-refractivity contribution in [3.63, 3.8) is 0 Å². The van der Waals surface area contributed by atoms with E-state index in [4.69, 9.17) is 4.74 Å². The molecule has 0 radical (unpaired) electrons. The SMILES string of the molecule is COc1cc([C@@H]2Nc3ccccc3C(=O)N2CC(F)(F)F)cc([N+](=O)[O-])c1[O-]. The summed E-state index contributed by atoms with van der Waals surface area (Å²) in [6, 6.07) is 7.88. The van der Waals surface area contributed by atoms with E-state index in [2.05, 4.69) is 5.32 Å². The van der Waals surface area contributed by atoms with Gasteiger partial charge in [-0.1, -0.05) is 12.1 Å². The number of nitrogens with zero attached hydrogens (tertiary/aromatic N) is 2. The van der Waals surface area contributed by atoms with Crippen molar-refractivity contribution >= 4 is 17.3 Å². The number of ether oxygens (including phenoxy) is 1. The van der Waals surface area contributed by atoms with E-state index in [9.17, 15) is 33.2 Å². The molecule has 0 saturated carbocycles. The van der Waals surface area contributed by atoms with Crippen LogP contribution in [0.15, 0.2) is 36.4 Å². The number of alkyl halides is 3. The summed E-state index contributed by atoms with van der Waals surface area (Å²) >= 11 is 0. The van der Waals surface area contributed by atoms with Crippen LogP contribution in [0.25, 0.3) is 0 Å². The molecule has 0 aromatic heterocycles. The lowest BCUT2D eigenvalue weighted by molar-refractivity contribution is -0.398. The van der Waals surface area contributed by atoms with Crippen molar-refractivity contribution in [2.24, 2.45) is 0 Å². The number of nitrogens with one attached hydrogen (secondary N) is 1. The summed E-state index contributed by atoms with van der Waals surface area (Å²) in [5.74, 6) is -2.32. The summed E-state index contributed by atoms with van der Waals surface area (Å²) < 4.78 is 44.1. The molecule has 148 valence electrons. The first-order valence-electron chi connectivity index (χ1n) is 7.89. The molecule has 1 heterocycles. The molecule has 1 N–H and O–H groups in total. The molecule has 3 rings (SSSR count). The number of amides is 1. The first-order chi connectivity index (χ1) is 13.1. The Balaban J connectivity index is 2.16. The lowest BCUT2D eigenvalue weighted by Crippen LogP contribution is -2.47. The number of rotatable bonds is 4. The Kier molecular flexibility index (Phi) is 4.75. The molecule has 0 spiro atoms. The predicted octanol–water partition coefficient (Wildman–Crippen LogP) is 2.81. The Bertz CT molecular complexity index is 948. The first-order valence-corrected chi connectivity index (χ1v) is 7.89. The third kappa shape index (κ3) is 3.50. The Morgan fingerprint density at radius 3 is 2.57 bits per heavy atom. The van der Waals surface area contributed by atoms with Gasteiger partial charge in [-0.15, -0.1) is 0 Å². The second kappa shape index (κ2) is 6.91. The van der Waals surface area contributed by atoms with E-state index in [1.54, 1.807) is 6.07 Å². The first kappa shape index (κ1) is 19.3. The molecule has 0 saturated heterocycles. The van der Waals surface area contributed by atoms with E-state index in [0.29, 0.717) is 4.90 Å². The number of benzene rings is 2. The van der Waals surface area contributed by atoms with Gasteiger partial charge >= 0.3 is 6.18 Å². The summed E-state index contributed by atoms with van der Waals surface area (Å²) in [7, 11) is 1.10. The molecule has 2 aromatic rings. The minimum Gasteiger partial charge on any atom is -0.865 e. The molecule has 0 fully saturated rings. The van der Waals surface area contributed by atoms with Crippen molar-refractivity contribution in [2.75, 3.05) is 19.0 Å². The zero-order valence-corrected chi connectivity index (χ0v) is 14.3. The highest BCUT2D eigenvalue weighted by atomic mass is 19.4. The molecule has 1 atom stereocenters. The maximum atomic E-state index is 13.1. The quantitative estimate of drug-likeness (QED) is 0.629. The number of anilines is 1. The van der Waals surface area contributed by atoms with Gasteiger partial charge in [0.2, 0.25) is 0 Å². The Labute approximate surface area is 156 Å². The highest BCUT2D eigenvalue weighted by Crippen LogP contribution is 2.41. The summed E-state index contributed by atoms with van der Waals surface area (Å²) in [6.45, 7) is -1.59. The summed E-state index contributed by atoms with van der Waals surface area (Å²) in [4.78, 5) is 23.4. The van der Waals surface area contributed by atoms with E-state index >= 15 is 0 Å². The molecule has 1 aliphatic rings. The van der Waals surface area contributed by atoms with Crippen molar-refractivity contribution in [1.82, 2.24) is 4.90 Å². The topological polar surface area (TPSA) is 108 Å². The highest BCUT2D eigenvalue weighted by Gasteiger charge is 2.41. The average Bonchev–Trinajstić information content (AvgIpc) is 2.63. The van der Waals surface area contributed by atoms with Crippen LogP contribution in [-0.4, -0.2) is 35.6 Å². The second-order valence-corrected chi connectivity index (χ2v) is 5.97. The smallest absolute Gasteiger partial charge is 0.406 e. The van der Waals surface area contributed by atoms with Crippen LogP contribution in [0, 0.1) is 10.1 Å². The average molecular weight is 396 g/mol. The van der Waals surface area contributed by atoms with E-state index < -0.39 is 46.9 Å². The molecular weight excluding hydrogens is 383 g/mol. The number of nitro benzene ring substituents is 1. The molecule has 1 amide bonds. The fourth-order valence-corrected chi connectivity index (χ4v) is 2.97. The molecule has 2 aromatic carbocycles. The third-order valence-electron chi connectivity index (χ3n) is 4.16. The molecule has 8 nitrogen and oxygen atoms in total. The van der Waals surface area contributed by atoms with Crippen LogP contribution in [0.4, 0.5) is 24.5 Å². The van der Waals surface area contributed by atoms with Crippen LogP contribution in [0.1, 0.15) is 22.1 Å². The lowest BCUT2D eigenvalue weighted by Gasteiger charge is -2.38. The van der Waals surface area contributed by atoms with Gasteiger partial charge in [-0.25, -0.2) is 0 Å². The number of methoxy groups -OCH3 is 1. The second-order valence-electron chi connectivity index (χ2n) is 5.97. The van der Waals surface area contributed by atoms with Crippen LogP contribution < -0.4 is 15.2 Å². The molecule has 0 aliphatic carbocycles. The number of carbonyl (C=O) groups is 1. The van der Waals surface area contributed by atoms with Crippen molar-refractivity contribution in [3.05, 3.63) is 57.6 Å². The number of hydrogen-bond donors (Lipinski definition) is 1. The van der Waals surface area contributed by atoms with Gasteiger partial charge < -0.3 is 20.1 Å². The molecule has 0 bridgehead atoms. The minimum atomic E-state index is -4.71. The van der Waals surface area contributed by atoms with E-state index in [1.807, 2.05) is 0 Å². The molecule has 1 aliphatic heterocycles. The fourth-order valence-electron chi connectivity index (χ4n) is 2.97. The number of hydrogen-bond acceptors (Lipinski definition) is 6. The normalized spacial score (nSPS) is 16.4. The number of fused-ring (bicyclic) bond motifs is 1. The Hall–Kier alpha value is -3.50. The molecule has 11 heteroatoms. The molecule has 0 unspecified atom stereocenters. The van der Waals surface area contributed by atoms with Crippen molar-refractivity contribution in [1.29, 1.82) is 0 Å². The van der Waals surface area contributed by atoms with Gasteiger partial charge in [0.25, 0.3) is 11.6 Å². The standard InChI is InChI=1S/C17H14F3N3O5/c1-28-13-7-9(6-12(14(13)24)23(26)27)15-21-11-5-3-2-4-10(11)16(25)22(15)8-17(18,19)20/h2-7,15,21,24H,8H2,1H3/p-1/t15-/m1/s1. The van der Waals surface area contributed by atoms with Gasteiger partial charge in [0, 0.05) is 23.1 Å². The van der Waals surface area contributed by atoms with Gasteiger partial charge in [0.15, 0.2) is 0 Å². The van der Waals surface area contributed by atoms with Gasteiger partial charge in [0.1, 0.15) is 18.5 Å². The van der Waals surface area contributed by atoms with Gasteiger partial charge in [-0.3, -0.25) is 14.9 Å². The highest BCUT2D eigenvalue weighted by molar-refractivity contribution is 6.01. The van der Waals surface area contributed by atoms with Crippen molar-refractivity contribution < 1.29 is 32.7 Å². The zero-order valence-electron chi connectivity index (χ0n) is 14.3. The van der Waals surface area contributed by atoms with Gasteiger partial charge in [0.05, 0.1) is 17.6 Å². The van der Waals surface area contributed by atoms with Crippen LogP contribution in [0.3, 0.4) is 0 Å². The zero-order chi connectivity index (χ0) is 20.6. The lowest BCUT2D eigenvalue weighted by atomic mass is 10.0. The van der Waals surface area contributed by atoms with Crippen LogP contribution in [0.5, 0.6) is 11.5 Å². The number of para-hydroxylation sites is 1. The Morgan fingerprint density at radius 2 is 1.96 bits per heavy atom. The van der Waals surface area contributed by atoms with E-state index in [0.717, 1.165) is 19.2 Å². The van der Waals surface area contributed by atoms with Crippen molar-refractivity contribution in [2.45, 2.75) is 12.3 Å². The van der Waals surface area contributed by atoms with E-state index in [-0.39, 0.29) is 16.8 Å². The summed E-state index contributed by atoms with van der Waals surface area (Å²) in [6.07, 6.45) is -6.10. The van der Waals surface area contributed by atoms with Gasteiger partial charge in [-0.05, 0) is 18.2 Å². The number of halogens is 3. The summed E-state index contributed by atoms with van der Waals surface area (Å²) in [5, 5.41) is 25.9. The fraction of sp³-hybridized carbons (Fsp3) is 0.235.